The highest BCUT2D eigenvalue weighted by atomic mass is 32.1. The van der Waals surface area contributed by atoms with E-state index in [2.05, 4.69) is 4.98 Å². The molecule has 0 radical (unpaired) electrons. The molecule has 1 aliphatic heterocycles. The van der Waals surface area contributed by atoms with Gasteiger partial charge in [-0.2, -0.15) is 0 Å². The predicted molar refractivity (Wildman–Crippen MR) is 129 cm³/mol. The van der Waals surface area contributed by atoms with Crippen LogP contribution in [-0.4, -0.2) is 49.0 Å². The summed E-state index contributed by atoms with van der Waals surface area (Å²) in [6, 6.07) is 14.8. The third-order valence-electron chi connectivity index (χ3n) is 5.76. The number of likely N-dealkylation sites (tertiary alicyclic amines) is 1. The fourth-order valence-corrected chi connectivity index (χ4v) is 4.81. The number of amides is 2. The number of carbonyl (C=O) groups excluding carboxylic acids is 2. The van der Waals surface area contributed by atoms with Crippen LogP contribution >= 0.6 is 11.3 Å². The minimum atomic E-state index is -0.182. The third-order valence-corrected chi connectivity index (χ3v) is 6.71. The normalized spacial score (nSPS) is 14.1. The first-order valence-corrected chi connectivity index (χ1v) is 11.7. The molecule has 8 heteroatoms. The first-order chi connectivity index (χ1) is 16.0. The van der Waals surface area contributed by atoms with Gasteiger partial charge in [-0.1, -0.05) is 18.2 Å². The Hall–Kier alpha value is -3.39. The Bertz CT molecular complexity index is 1100. The number of aromatic nitrogens is 1. The number of carbonyl (C=O) groups is 2. The van der Waals surface area contributed by atoms with Gasteiger partial charge < -0.3 is 14.4 Å². The molecule has 2 heterocycles. The molecule has 3 aromatic rings. The Morgan fingerprint density at radius 3 is 2.21 bits per heavy atom. The average molecular weight is 466 g/mol. The zero-order valence-corrected chi connectivity index (χ0v) is 19.8. The molecule has 0 saturated carbocycles. The van der Waals surface area contributed by atoms with Crippen molar-refractivity contribution >= 4 is 34.0 Å². The smallest absolute Gasteiger partial charge is 0.254 e. The molecule has 0 atom stereocenters. The molecule has 2 amide bonds. The zero-order valence-electron chi connectivity index (χ0n) is 19.0. The van der Waals surface area contributed by atoms with Gasteiger partial charge in [-0.05, 0) is 44.0 Å². The molecule has 4 rings (SSSR count). The van der Waals surface area contributed by atoms with E-state index in [1.165, 1.54) is 11.3 Å². The van der Waals surface area contributed by atoms with Crippen LogP contribution in [-0.2, 0) is 4.79 Å². The van der Waals surface area contributed by atoms with Crippen LogP contribution in [0.2, 0.25) is 0 Å². The van der Waals surface area contributed by atoms with Crippen molar-refractivity contribution in [2.45, 2.75) is 19.8 Å². The van der Waals surface area contributed by atoms with Gasteiger partial charge in [-0.15, -0.1) is 11.3 Å². The maximum absolute atomic E-state index is 13.6. The highest BCUT2D eigenvalue weighted by Gasteiger charge is 2.33. The number of methoxy groups -OCH3 is 2. The van der Waals surface area contributed by atoms with Gasteiger partial charge in [-0.25, -0.2) is 4.98 Å². The minimum Gasteiger partial charge on any atom is -0.497 e. The van der Waals surface area contributed by atoms with Crippen molar-refractivity contribution < 1.29 is 19.1 Å². The second-order valence-corrected chi connectivity index (χ2v) is 8.79. The van der Waals surface area contributed by atoms with E-state index >= 15 is 0 Å². The lowest BCUT2D eigenvalue weighted by molar-refractivity contribution is -0.122. The lowest BCUT2D eigenvalue weighted by atomic mass is 9.94. The average Bonchev–Trinajstić information content (AvgIpc) is 3.29. The summed E-state index contributed by atoms with van der Waals surface area (Å²) in [6.45, 7) is 2.94. The van der Waals surface area contributed by atoms with Gasteiger partial charge in [0.2, 0.25) is 5.91 Å². The summed E-state index contributed by atoms with van der Waals surface area (Å²) in [5, 5.41) is 2.62. The fraction of sp³-hybridized carbons (Fsp3) is 0.320. The van der Waals surface area contributed by atoms with Crippen LogP contribution in [0, 0.1) is 12.8 Å². The van der Waals surface area contributed by atoms with Crippen molar-refractivity contribution in [1.29, 1.82) is 0 Å². The maximum Gasteiger partial charge on any atom is 0.254 e. The van der Waals surface area contributed by atoms with Crippen LogP contribution in [0.15, 0.2) is 53.9 Å². The number of ether oxygens (including phenoxy) is 2. The van der Waals surface area contributed by atoms with E-state index < -0.39 is 0 Å². The summed E-state index contributed by atoms with van der Waals surface area (Å²) in [5.74, 6) is 0.887. The molecule has 0 N–H and O–H groups in total. The van der Waals surface area contributed by atoms with Crippen molar-refractivity contribution in [3.05, 3.63) is 65.2 Å². The van der Waals surface area contributed by atoms with Gasteiger partial charge in [0.15, 0.2) is 5.13 Å². The van der Waals surface area contributed by atoms with Gasteiger partial charge in [0.05, 0.1) is 25.6 Å². The SMILES string of the molecule is COc1cc(OC)cc(C(=O)N2CCC(C(=O)N(c3ccccc3)c3nc(C)cs3)CC2)c1. The molecule has 33 heavy (non-hydrogen) atoms. The first kappa shape index (κ1) is 22.8. The molecule has 1 saturated heterocycles. The quantitative estimate of drug-likeness (QED) is 0.528. The standard InChI is InChI=1S/C25H27N3O4S/c1-17-16-33-25(26-17)28(20-7-5-4-6-8-20)24(30)18-9-11-27(12-10-18)23(29)19-13-21(31-2)15-22(14-19)32-3/h4-8,13-16,18H,9-12H2,1-3H3. The Labute approximate surface area is 197 Å². The number of benzene rings is 2. The topological polar surface area (TPSA) is 72.0 Å². The van der Waals surface area contributed by atoms with Crippen LogP contribution in [0.3, 0.4) is 0 Å². The molecule has 2 aromatic carbocycles. The second-order valence-electron chi connectivity index (χ2n) is 7.95. The lowest BCUT2D eigenvalue weighted by Crippen LogP contribution is -2.43. The molecule has 0 bridgehead atoms. The summed E-state index contributed by atoms with van der Waals surface area (Å²) >= 11 is 1.46. The third kappa shape index (κ3) is 5.01. The van der Waals surface area contributed by atoms with E-state index in [0.717, 1.165) is 11.4 Å². The summed E-state index contributed by atoms with van der Waals surface area (Å²) in [5.41, 5.74) is 2.21. The molecule has 1 fully saturated rings. The summed E-state index contributed by atoms with van der Waals surface area (Å²) in [7, 11) is 3.12. The summed E-state index contributed by atoms with van der Waals surface area (Å²) in [4.78, 5) is 34.7. The number of para-hydroxylation sites is 1. The highest BCUT2D eigenvalue weighted by Crippen LogP contribution is 2.33. The molecule has 0 spiro atoms. The van der Waals surface area contributed by atoms with E-state index in [1.54, 1.807) is 42.2 Å². The van der Waals surface area contributed by atoms with Gasteiger partial charge in [0, 0.05) is 36.0 Å². The number of hydrogen-bond donors (Lipinski definition) is 0. The number of anilines is 2. The van der Waals surface area contributed by atoms with Gasteiger partial charge in [0.25, 0.3) is 5.91 Å². The minimum absolute atomic E-state index is 0.0192. The number of hydrogen-bond acceptors (Lipinski definition) is 6. The molecule has 7 nitrogen and oxygen atoms in total. The van der Waals surface area contributed by atoms with Gasteiger partial charge in [-0.3, -0.25) is 14.5 Å². The summed E-state index contributed by atoms with van der Waals surface area (Å²) < 4.78 is 10.6. The van der Waals surface area contributed by atoms with Crippen molar-refractivity contribution in [3.8, 4) is 11.5 Å². The molecule has 172 valence electrons. The van der Waals surface area contributed by atoms with Crippen LogP contribution < -0.4 is 14.4 Å². The fourth-order valence-electron chi connectivity index (χ4n) is 3.98. The van der Waals surface area contributed by atoms with Crippen LogP contribution in [0.1, 0.15) is 28.9 Å². The lowest BCUT2D eigenvalue weighted by Gasteiger charge is -2.33. The second kappa shape index (κ2) is 10.0. The Morgan fingerprint density at radius 1 is 1.03 bits per heavy atom. The Kier molecular flexibility index (Phi) is 6.93. The van der Waals surface area contributed by atoms with Crippen molar-refractivity contribution in [2.24, 2.45) is 5.92 Å². The van der Waals surface area contributed by atoms with E-state index in [0.29, 0.717) is 48.1 Å². The number of rotatable bonds is 6. The molecule has 1 aliphatic rings. The van der Waals surface area contributed by atoms with Crippen molar-refractivity contribution in [1.82, 2.24) is 9.88 Å². The van der Waals surface area contributed by atoms with Crippen molar-refractivity contribution in [3.63, 3.8) is 0 Å². The van der Waals surface area contributed by atoms with E-state index in [9.17, 15) is 9.59 Å². The van der Waals surface area contributed by atoms with Crippen LogP contribution in [0.25, 0.3) is 0 Å². The van der Waals surface area contributed by atoms with E-state index in [1.807, 2.05) is 42.6 Å². The maximum atomic E-state index is 13.6. The van der Waals surface area contributed by atoms with Gasteiger partial charge in [0.1, 0.15) is 11.5 Å². The molecule has 1 aromatic heterocycles. The largest absolute Gasteiger partial charge is 0.497 e. The van der Waals surface area contributed by atoms with Crippen LogP contribution in [0.5, 0.6) is 11.5 Å². The first-order valence-electron chi connectivity index (χ1n) is 10.8. The predicted octanol–water partition coefficient (Wildman–Crippen LogP) is 4.69. The number of aryl methyl sites for hydroxylation is 1. The molecular formula is C25H27N3O4S. The molecule has 0 aliphatic carbocycles. The monoisotopic (exact) mass is 465 g/mol. The van der Waals surface area contributed by atoms with Crippen LogP contribution in [0.4, 0.5) is 10.8 Å². The Morgan fingerprint density at radius 2 is 1.67 bits per heavy atom. The van der Waals surface area contributed by atoms with Gasteiger partial charge >= 0.3 is 0 Å². The zero-order chi connectivity index (χ0) is 23.4. The number of piperidine rings is 1. The summed E-state index contributed by atoms with van der Waals surface area (Å²) in [6.07, 6.45) is 1.19. The molecular weight excluding hydrogens is 438 g/mol. The molecule has 0 unspecified atom stereocenters. The number of thiazole rings is 1. The highest BCUT2D eigenvalue weighted by molar-refractivity contribution is 7.14. The van der Waals surface area contributed by atoms with E-state index in [-0.39, 0.29) is 17.7 Å². The number of nitrogens with zero attached hydrogens (tertiary/aromatic N) is 3. The Balaban J connectivity index is 1.48. The van der Waals surface area contributed by atoms with Crippen molar-refractivity contribution in [2.75, 3.05) is 32.2 Å². The van der Waals surface area contributed by atoms with E-state index in [4.69, 9.17) is 9.47 Å².